The number of rotatable bonds is 6. The molecule has 174 valence electrons. The Morgan fingerprint density at radius 3 is 2.55 bits per heavy atom. The molecule has 2 N–H and O–H groups in total. The molecule has 3 aromatic rings. The molecule has 2 heterocycles. The molecule has 1 aliphatic heterocycles. The van der Waals surface area contributed by atoms with Crippen molar-refractivity contribution in [3.05, 3.63) is 65.5 Å². The Balaban J connectivity index is 1.67. The van der Waals surface area contributed by atoms with Gasteiger partial charge in [-0.2, -0.15) is 13.2 Å². The maximum Gasteiger partial charge on any atom is 0.418 e. The smallest absolute Gasteiger partial charge is 0.418 e. The fourth-order valence-corrected chi connectivity index (χ4v) is 4.66. The zero-order chi connectivity index (χ0) is 23.6. The highest BCUT2D eigenvalue weighted by Crippen LogP contribution is 2.39. The normalized spacial score (nSPS) is 17.7. The highest BCUT2D eigenvalue weighted by atomic mass is 32.2. The average Bonchev–Trinajstić information content (AvgIpc) is 3.21. The van der Waals surface area contributed by atoms with Crippen LogP contribution in [0.25, 0.3) is 0 Å². The van der Waals surface area contributed by atoms with Crippen molar-refractivity contribution in [2.24, 2.45) is 0 Å². The number of aromatic nitrogens is 3. The fraction of sp³-hybridized carbons (Fsp3) is 0.318. The number of alkyl halides is 3. The maximum absolute atomic E-state index is 13.4. The number of benzene rings is 2. The predicted molar refractivity (Wildman–Crippen MR) is 119 cm³/mol. The van der Waals surface area contributed by atoms with E-state index in [0.717, 1.165) is 23.4 Å². The van der Waals surface area contributed by atoms with Crippen molar-refractivity contribution in [3.63, 3.8) is 0 Å². The minimum atomic E-state index is -4.59. The number of para-hydroxylation sites is 1. The number of nitrogens with one attached hydrogen (secondary N) is 2. The molecule has 0 aliphatic carbocycles. The van der Waals surface area contributed by atoms with Crippen LogP contribution in [-0.4, -0.2) is 32.6 Å². The van der Waals surface area contributed by atoms with Gasteiger partial charge in [-0.1, -0.05) is 43.0 Å². The second kappa shape index (κ2) is 9.34. The van der Waals surface area contributed by atoms with Gasteiger partial charge in [-0.25, -0.2) is 4.68 Å². The lowest BCUT2D eigenvalue weighted by Gasteiger charge is -2.33. The molecule has 0 saturated carbocycles. The molecule has 0 spiro atoms. The number of halogens is 3. The fourth-order valence-electron chi connectivity index (χ4n) is 3.56. The maximum atomic E-state index is 13.4. The highest BCUT2D eigenvalue weighted by molar-refractivity contribution is 8.00. The minimum absolute atomic E-state index is 0.290. The molecule has 2 aromatic carbocycles. The quantitative estimate of drug-likeness (QED) is 0.538. The SMILES string of the molecule is CCOc1ccc([C@@H]2Nn3c(CC)nnc3S[C@@H]2C(=O)Nc2ccccc2C(F)(F)F)cc1. The Bertz CT molecular complexity index is 1130. The summed E-state index contributed by atoms with van der Waals surface area (Å²) in [5.74, 6) is 0.800. The number of thioether (sulfide) groups is 1. The van der Waals surface area contributed by atoms with E-state index in [1.807, 2.05) is 26.0 Å². The Kier molecular flexibility index (Phi) is 6.50. The summed E-state index contributed by atoms with van der Waals surface area (Å²) in [6.07, 6.45) is -3.97. The van der Waals surface area contributed by atoms with Gasteiger partial charge >= 0.3 is 6.18 Å². The van der Waals surface area contributed by atoms with E-state index in [1.165, 1.54) is 18.2 Å². The molecule has 1 aromatic heterocycles. The summed E-state index contributed by atoms with van der Waals surface area (Å²) in [4.78, 5) is 13.3. The van der Waals surface area contributed by atoms with Crippen LogP contribution in [0.5, 0.6) is 5.75 Å². The van der Waals surface area contributed by atoms with Crippen molar-refractivity contribution in [2.45, 2.75) is 42.9 Å². The van der Waals surface area contributed by atoms with Gasteiger partial charge in [-0.05, 0) is 36.8 Å². The zero-order valence-electron chi connectivity index (χ0n) is 17.9. The second-order valence-corrected chi connectivity index (χ2v) is 8.38. The van der Waals surface area contributed by atoms with Crippen LogP contribution in [0.3, 0.4) is 0 Å². The van der Waals surface area contributed by atoms with E-state index in [4.69, 9.17) is 4.74 Å². The third-order valence-corrected chi connectivity index (χ3v) is 6.33. The topological polar surface area (TPSA) is 81.1 Å². The zero-order valence-corrected chi connectivity index (χ0v) is 18.7. The average molecular weight is 478 g/mol. The Morgan fingerprint density at radius 2 is 1.88 bits per heavy atom. The predicted octanol–water partition coefficient (Wildman–Crippen LogP) is 4.66. The third-order valence-electron chi connectivity index (χ3n) is 5.12. The van der Waals surface area contributed by atoms with Crippen molar-refractivity contribution in [3.8, 4) is 5.75 Å². The number of ether oxygens (including phenoxy) is 1. The molecule has 4 rings (SSSR count). The summed E-state index contributed by atoms with van der Waals surface area (Å²) < 4.78 is 47.5. The Morgan fingerprint density at radius 1 is 1.15 bits per heavy atom. The monoisotopic (exact) mass is 477 g/mol. The van der Waals surface area contributed by atoms with E-state index < -0.39 is 28.9 Å². The van der Waals surface area contributed by atoms with Crippen molar-refractivity contribution < 1.29 is 22.7 Å². The number of amides is 1. The van der Waals surface area contributed by atoms with Crippen LogP contribution in [0.1, 0.15) is 36.8 Å². The molecule has 2 atom stereocenters. The first-order valence-corrected chi connectivity index (χ1v) is 11.3. The molecule has 11 heteroatoms. The Hall–Kier alpha value is -3.21. The van der Waals surface area contributed by atoms with Crippen LogP contribution in [0, 0.1) is 0 Å². The molecule has 0 bridgehead atoms. The number of hydrogen-bond donors (Lipinski definition) is 2. The van der Waals surface area contributed by atoms with Crippen molar-refractivity contribution in [1.29, 1.82) is 0 Å². The van der Waals surface area contributed by atoms with Crippen molar-refractivity contribution >= 4 is 23.4 Å². The summed E-state index contributed by atoms with van der Waals surface area (Å²) in [5, 5.41) is 10.4. The van der Waals surface area contributed by atoms with Crippen LogP contribution >= 0.6 is 11.8 Å². The van der Waals surface area contributed by atoms with Gasteiger partial charge in [0.1, 0.15) is 11.0 Å². The Labute approximate surface area is 192 Å². The number of anilines is 1. The molecular weight excluding hydrogens is 455 g/mol. The molecule has 1 aliphatic rings. The van der Waals surface area contributed by atoms with E-state index in [-0.39, 0.29) is 5.69 Å². The molecule has 0 fully saturated rings. The molecule has 1 amide bonds. The molecule has 7 nitrogen and oxygen atoms in total. The highest BCUT2D eigenvalue weighted by Gasteiger charge is 2.39. The lowest BCUT2D eigenvalue weighted by molar-refractivity contribution is -0.137. The van der Waals surface area contributed by atoms with E-state index >= 15 is 0 Å². The summed E-state index contributed by atoms with van der Waals surface area (Å²) in [6, 6.07) is 11.6. The third kappa shape index (κ3) is 4.77. The van der Waals surface area contributed by atoms with Gasteiger partial charge in [0.25, 0.3) is 0 Å². The van der Waals surface area contributed by atoms with Crippen molar-refractivity contribution in [1.82, 2.24) is 14.9 Å². The van der Waals surface area contributed by atoms with Gasteiger partial charge in [-0.15, -0.1) is 10.2 Å². The van der Waals surface area contributed by atoms with Gasteiger partial charge in [0.15, 0.2) is 5.82 Å². The van der Waals surface area contributed by atoms with Gasteiger partial charge in [0, 0.05) is 6.42 Å². The number of carbonyl (C=O) groups excluding carboxylic acids is 1. The standard InChI is InChI=1S/C22H22F3N5O2S/c1-3-17-27-28-21-30(17)29-18(13-9-11-14(12-10-13)32-4-2)19(33-21)20(31)26-16-8-6-5-7-15(16)22(23,24)25/h5-12,18-19,29H,3-4H2,1-2H3,(H,26,31)/t18-,19-/m0/s1. The van der Waals surface area contributed by atoms with E-state index in [2.05, 4.69) is 20.9 Å². The lowest BCUT2D eigenvalue weighted by atomic mass is 10.0. The summed E-state index contributed by atoms with van der Waals surface area (Å²) in [6.45, 7) is 4.33. The molecule has 0 unspecified atom stereocenters. The van der Waals surface area contributed by atoms with E-state index in [9.17, 15) is 18.0 Å². The lowest BCUT2D eigenvalue weighted by Crippen LogP contribution is -2.41. The minimum Gasteiger partial charge on any atom is -0.494 e. The van der Waals surface area contributed by atoms with E-state index in [1.54, 1.807) is 16.8 Å². The first-order valence-electron chi connectivity index (χ1n) is 10.4. The summed E-state index contributed by atoms with van der Waals surface area (Å²) in [7, 11) is 0. The number of aryl methyl sites for hydroxylation is 1. The van der Waals surface area contributed by atoms with Crippen LogP contribution in [0.2, 0.25) is 0 Å². The number of fused-ring (bicyclic) bond motifs is 1. The number of nitrogens with zero attached hydrogens (tertiary/aromatic N) is 3. The van der Waals surface area contributed by atoms with Gasteiger partial charge < -0.3 is 15.5 Å². The van der Waals surface area contributed by atoms with Crippen LogP contribution in [0.4, 0.5) is 18.9 Å². The molecule has 33 heavy (non-hydrogen) atoms. The van der Waals surface area contributed by atoms with E-state index in [0.29, 0.717) is 29.8 Å². The first kappa shape index (κ1) is 23.0. The van der Waals surface area contributed by atoms with Crippen LogP contribution in [0.15, 0.2) is 53.7 Å². The summed E-state index contributed by atoms with van der Waals surface area (Å²) >= 11 is 1.15. The van der Waals surface area contributed by atoms with Gasteiger partial charge in [0.2, 0.25) is 11.1 Å². The van der Waals surface area contributed by atoms with Gasteiger partial charge in [0.05, 0.1) is 23.9 Å². The largest absolute Gasteiger partial charge is 0.494 e. The molecule has 0 radical (unpaired) electrons. The second-order valence-electron chi connectivity index (χ2n) is 7.27. The van der Waals surface area contributed by atoms with Crippen LogP contribution in [-0.2, 0) is 17.4 Å². The number of carbonyl (C=O) groups is 1. The van der Waals surface area contributed by atoms with Gasteiger partial charge in [-0.3, -0.25) is 4.79 Å². The molecule has 0 saturated heterocycles. The number of hydrogen-bond acceptors (Lipinski definition) is 6. The molecular formula is C22H22F3N5O2S. The van der Waals surface area contributed by atoms with Crippen LogP contribution < -0.4 is 15.5 Å². The summed E-state index contributed by atoms with van der Waals surface area (Å²) in [5.41, 5.74) is 2.86. The van der Waals surface area contributed by atoms with Crippen molar-refractivity contribution in [2.75, 3.05) is 17.3 Å². The first-order chi connectivity index (χ1) is 15.8.